The van der Waals surface area contributed by atoms with E-state index in [2.05, 4.69) is 57.0 Å². The van der Waals surface area contributed by atoms with Crippen molar-refractivity contribution in [2.24, 2.45) is 5.10 Å². The van der Waals surface area contributed by atoms with E-state index in [9.17, 15) is 9.59 Å². The molecule has 1 N–H and O–H groups in total. The summed E-state index contributed by atoms with van der Waals surface area (Å²) >= 11 is 3.37. The number of hydrogen-bond donors (Lipinski definition) is 1. The predicted molar refractivity (Wildman–Crippen MR) is 145 cm³/mol. The van der Waals surface area contributed by atoms with Crippen LogP contribution in [0.25, 0.3) is 5.69 Å². The van der Waals surface area contributed by atoms with E-state index in [1.54, 1.807) is 18.2 Å². The number of esters is 1. The number of rotatable bonds is 9. The molecule has 0 saturated heterocycles. The minimum atomic E-state index is -0.551. The van der Waals surface area contributed by atoms with Crippen molar-refractivity contribution in [2.75, 3.05) is 7.11 Å². The van der Waals surface area contributed by atoms with Crippen LogP contribution in [0.1, 0.15) is 40.2 Å². The Morgan fingerprint density at radius 3 is 2.42 bits per heavy atom. The summed E-state index contributed by atoms with van der Waals surface area (Å²) in [7, 11) is 1.45. The zero-order chi connectivity index (χ0) is 27.2. The zero-order valence-corrected chi connectivity index (χ0v) is 22.9. The Morgan fingerprint density at radius 1 is 1.05 bits per heavy atom. The van der Waals surface area contributed by atoms with Crippen LogP contribution in [0.2, 0.25) is 0 Å². The van der Waals surface area contributed by atoms with Gasteiger partial charge in [-0.2, -0.15) is 5.10 Å². The average Bonchev–Trinajstić information content (AvgIpc) is 3.50. The molecule has 196 valence electrons. The molecular formula is C28H26BrN3O6. The molecule has 10 heteroatoms. The van der Waals surface area contributed by atoms with Crippen molar-refractivity contribution in [1.82, 2.24) is 9.99 Å². The second kappa shape index (κ2) is 11.8. The molecule has 0 radical (unpaired) electrons. The van der Waals surface area contributed by atoms with Gasteiger partial charge in [0.25, 0.3) is 0 Å². The average molecular weight is 580 g/mol. The summed E-state index contributed by atoms with van der Waals surface area (Å²) in [6, 6.07) is 18.4. The van der Waals surface area contributed by atoms with Crippen molar-refractivity contribution in [3.63, 3.8) is 0 Å². The summed E-state index contributed by atoms with van der Waals surface area (Å²) in [5, 5.41) is 3.96. The normalized spacial score (nSPS) is 11.0. The van der Waals surface area contributed by atoms with Gasteiger partial charge in [0.05, 0.1) is 13.3 Å². The number of methoxy groups -OCH3 is 1. The van der Waals surface area contributed by atoms with E-state index in [0.717, 1.165) is 17.1 Å². The van der Waals surface area contributed by atoms with Gasteiger partial charge < -0.3 is 23.2 Å². The van der Waals surface area contributed by atoms with E-state index in [1.807, 2.05) is 24.3 Å². The number of carbonyl (C=O) groups excluding carboxylic acids is 2. The van der Waals surface area contributed by atoms with Crippen molar-refractivity contribution in [2.45, 2.75) is 27.4 Å². The molecule has 0 unspecified atom stereocenters. The minimum absolute atomic E-state index is 0.0710. The lowest BCUT2D eigenvalue weighted by molar-refractivity contribution is -0.132. The monoisotopic (exact) mass is 579 g/mol. The summed E-state index contributed by atoms with van der Waals surface area (Å²) in [5.74, 6) is 0.682. The topological polar surface area (TPSA) is 104 Å². The molecule has 0 bridgehead atoms. The smallest absolute Gasteiger partial charge is 0.308 e. The molecule has 0 fully saturated rings. The SMILES string of the molecule is COc1cc(Br)cc(C=NNC(=O)c2ccc(COc3ccc(-n4c(C)ccc4C)cc3)o2)c1OC(C)=O. The van der Waals surface area contributed by atoms with Crippen molar-refractivity contribution >= 4 is 34.0 Å². The second-order valence-corrected chi connectivity index (χ2v) is 9.23. The Morgan fingerprint density at radius 2 is 1.76 bits per heavy atom. The standard InChI is InChI=1S/C28H26BrN3O6/c1-17-5-6-18(2)32(17)22-7-9-23(10-8-22)36-16-24-11-12-25(38-24)28(34)31-30-15-20-13-21(29)14-26(35-4)27(20)37-19(3)33/h5-15H,16H2,1-4H3,(H,31,34). The molecule has 0 atom stereocenters. The van der Waals surface area contributed by atoms with E-state index in [4.69, 9.17) is 18.6 Å². The number of benzene rings is 2. The second-order valence-electron chi connectivity index (χ2n) is 8.32. The number of nitrogens with one attached hydrogen (secondary N) is 1. The fourth-order valence-corrected chi connectivity index (χ4v) is 4.26. The summed E-state index contributed by atoms with van der Waals surface area (Å²) in [4.78, 5) is 24.0. The number of hydrazone groups is 1. The third-order valence-electron chi connectivity index (χ3n) is 5.52. The number of hydrogen-bond acceptors (Lipinski definition) is 7. The first-order valence-corrected chi connectivity index (χ1v) is 12.4. The highest BCUT2D eigenvalue weighted by molar-refractivity contribution is 9.10. The molecule has 0 spiro atoms. The van der Waals surface area contributed by atoms with E-state index in [-0.39, 0.29) is 18.1 Å². The van der Waals surface area contributed by atoms with Crippen LogP contribution in [0.4, 0.5) is 0 Å². The van der Waals surface area contributed by atoms with E-state index >= 15 is 0 Å². The van der Waals surface area contributed by atoms with Gasteiger partial charge in [-0.15, -0.1) is 0 Å². The molecule has 0 saturated carbocycles. The number of halogens is 1. The Labute approximate surface area is 228 Å². The van der Waals surface area contributed by atoms with Crippen molar-refractivity contribution < 1.29 is 28.2 Å². The molecule has 4 aromatic rings. The molecule has 0 aliphatic carbocycles. The maximum absolute atomic E-state index is 12.5. The lowest BCUT2D eigenvalue weighted by Gasteiger charge is -2.11. The third-order valence-corrected chi connectivity index (χ3v) is 5.97. The lowest BCUT2D eigenvalue weighted by Crippen LogP contribution is -2.17. The molecule has 9 nitrogen and oxygen atoms in total. The molecule has 0 aliphatic rings. The van der Waals surface area contributed by atoms with Crippen LogP contribution in [0, 0.1) is 13.8 Å². The van der Waals surface area contributed by atoms with Crippen LogP contribution in [0.15, 0.2) is 74.7 Å². The molecule has 0 aliphatic heterocycles. The highest BCUT2D eigenvalue weighted by Crippen LogP contribution is 2.34. The fraction of sp³-hybridized carbons (Fsp3) is 0.179. The summed E-state index contributed by atoms with van der Waals surface area (Å²) in [6.07, 6.45) is 1.34. The maximum atomic E-state index is 12.5. The Bertz CT molecular complexity index is 1470. The molecule has 4 rings (SSSR count). The Hall–Kier alpha value is -4.31. The first kappa shape index (κ1) is 26.7. The number of ether oxygens (including phenoxy) is 3. The molecular weight excluding hydrogens is 554 g/mol. The van der Waals surface area contributed by atoms with Gasteiger partial charge in [0.2, 0.25) is 0 Å². The Kier molecular flexibility index (Phi) is 8.32. The van der Waals surface area contributed by atoms with Gasteiger partial charge in [-0.3, -0.25) is 9.59 Å². The van der Waals surface area contributed by atoms with Gasteiger partial charge >= 0.3 is 11.9 Å². The van der Waals surface area contributed by atoms with E-state index in [0.29, 0.717) is 27.3 Å². The van der Waals surface area contributed by atoms with Crippen LogP contribution in [0.3, 0.4) is 0 Å². The quantitative estimate of drug-likeness (QED) is 0.117. The number of aromatic nitrogens is 1. The van der Waals surface area contributed by atoms with Crippen LogP contribution >= 0.6 is 15.9 Å². The minimum Gasteiger partial charge on any atom is -0.493 e. The highest BCUT2D eigenvalue weighted by Gasteiger charge is 2.15. The van der Waals surface area contributed by atoms with Crippen LogP contribution in [-0.4, -0.2) is 29.8 Å². The Balaban J connectivity index is 1.36. The van der Waals surface area contributed by atoms with Gasteiger partial charge in [0.1, 0.15) is 18.1 Å². The number of aryl methyl sites for hydroxylation is 2. The summed E-state index contributed by atoms with van der Waals surface area (Å²) in [6.45, 7) is 5.56. The third kappa shape index (κ3) is 6.33. The summed E-state index contributed by atoms with van der Waals surface area (Å²) in [5.41, 5.74) is 6.19. The molecule has 1 amide bonds. The molecule has 2 aromatic heterocycles. The predicted octanol–water partition coefficient (Wildman–Crippen LogP) is 5.73. The van der Waals surface area contributed by atoms with Gasteiger partial charge in [-0.25, -0.2) is 5.43 Å². The van der Waals surface area contributed by atoms with Gasteiger partial charge in [0, 0.05) is 34.0 Å². The van der Waals surface area contributed by atoms with E-state index in [1.165, 1.54) is 26.3 Å². The van der Waals surface area contributed by atoms with Crippen molar-refractivity contribution in [3.8, 4) is 22.9 Å². The number of nitrogens with zero attached hydrogens (tertiary/aromatic N) is 2. The molecule has 38 heavy (non-hydrogen) atoms. The molecule has 2 aromatic carbocycles. The largest absolute Gasteiger partial charge is 0.493 e. The highest BCUT2D eigenvalue weighted by atomic mass is 79.9. The van der Waals surface area contributed by atoms with E-state index < -0.39 is 11.9 Å². The van der Waals surface area contributed by atoms with Crippen LogP contribution in [0.5, 0.6) is 17.2 Å². The fourth-order valence-electron chi connectivity index (χ4n) is 3.80. The van der Waals surface area contributed by atoms with Crippen molar-refractivity contribution in [1.29, 1.82) is 0 Å². The maximum Gasteiger partial charge on any atom is 0.308 e. The van der Waals surface area contributed by atoms with Crippen LogP contribution in [-0.2, 0) is 11.4 Å². The van der Waals surface area contributed by atoms with Gasteiger partial charge in [-0.1, -0.05) is 15.9 Å². The zero-order valence-electron chi connectivity index (χ0n) is 21.3. The first-order chi connectivity index (χ1) is 18.2. The van der Waals surface area contributed by atoms with Gasteiger partial charge in [-0.05, 0) is 74.5 Å². The lowest BCUT2D eigenvalue weighted by atomic mass is 10.2. The number of carbonyl (C=O) groups is 2. The van der Waals surface area contributed by atoms with Crippen LogP contribution < -0.4 is 19.6 Å². The first-order valence-electron chi connectivity index (χ1n) is 11.6. The van der Waals surface area contributed by atoms with Gasteiger partial charge in [0.15, 0.2) is 17.3 Å². The summed E-state index contributed by atoms with van der Waals surface area (Å²) < 4.78 is 24.8. The van der Waals surface area contributed by atoms with Crippen molar-refractivity contribution in [3.05, 3.63) is 93.6 Å². The molecule has 2 heterocycles. The number of furan rings is 1. The number of amides is 1.